The minimum absolute atomic E-state index is 0.0965. The topological polar surface area (TPSA) is 47.4 Å². The molecule has 1 aliphatic carbocycles. The fourth-order valence-electron chi connectivity index (χ4n) is 3.47. The van der Waals surface area contributed by atoms with Crippen LogP contribution < -0.4 is 0 Å². The van der Waals surface area contributed by atoms with Crippen molar-refractivity contribution >= 4 is 29.1 Å². The highest BCUT2D eigenvalue weighted by molar-refractivity contribution is 6.35. The van der Waals surface area contributed by atoms with E-state index in [1.165, 1.54) is 25.0 Å². The molecule has 3 rings (SSSR count). The summed E-state index contributed by atoms with van der Waals surface area (Å²) in [7, 11) is 2.84. The van der Waals surface area contributed by atoms with Gasteiger partial charge in [0, 0.05) is 23.3 Å². The highest BCUT2D eigenvalue weighted by Crippen LogP contribution is 2.53. The Morgan fingerprint density at radius 2 is 2.11 bits per heavy atom. The quantitative estimate of drug-likeness (QED) is 0.630. The van der Waals surface area contributed by atoms with Gasteiger partial charge in [-0.05, 0) is 42.9 Å². The summed E-state index contributed by atoms with van der Waals surface area (Å²) in [6, 6.07) is 5.00. The Balaban J connectivity index is 1.79. The van der Waals surface area contributed by atoms with Crippen LogP contribution in [0.25, 0.3) is 0 Å². The van der Waals surface area contributed by atoms with Gasteiger partial charge in [-0.2, -0.15) is 5.10 Å². The monoisotopic (exact) mass is 417 g/mol. The van der Waals surface area contributed by atoms with E-state index in [0.29, 0.717) is 10.0 Å². The van der Waals surface area contributed by atoms with Gasteiger partial charge in [0.15, 0.2) is 0 Å². The van der Waals surface area contributed by atoms with Crippen LogP contribution in [0.2, 0.25) is 10.0 Å². The second kappa shape index (κ2) is 7.73. The van der Waals surface area contributed by atoms with Crippen molar-refractivity contribution in [1.82, 2.24) is 14.8 Å². The Kier molecular flexibility index (Phi) is 5.74. The molecule has 3 unspecified atom stereocenters. The van der Waals surface area contributed by atoms with Crippen molar-refractivity contribution < 1.29 is 18.4 Å². The first-order valence-corrected chi connectivity index (χ1v) is 9.14. The second-order valence-corrected chi connectivity index (χ2v) is 7.47. The van der Waals surface area contributed by atoms with Crippen molar-refractivity contribution in [2.45, 2.75) is 31.7 Å². The molecular formula is C18H19Cl2F2N3O2. The van der Waals surface area contributed by atoms with Gasteiger partial charge >= 0.3 is 0 Å². The summed E-state index contributed by atoms with van der Waals surface area (Å²) in [6.07, 6.45) is -0.756. The zero-order valence-electron chi connectivity index (χ0n) is 15.0. The number of carbonyl (C=O) groups is 1. The van der Waals surface area contributed by atoms with E-state index in [1.54, 1.807) is 12.1 Å². The molecule has 146 valence electrons. The van der Waals surface area contributed by atoms with Crippen LogP contribution in [0.4, 0.5) is 8.78 Å². The Labute approximate surface area is 165 Å². The molecule has 0 radical (unpaired) electrons. The number of aryl methyl sites for hydroxylation is 1. The predicted molar refractivity (Wildman–Crippen MR) is 98.1 cm³/mol. The van der Waals surface area contributed by atoms with Gasteiger partial charge in [0.25, 0.3) is 12.3 Å². The molecule has 1 heterocycles. The maximum atomic E-state index is 13.2. The molecule has 5 nitrogen and oxygen atoms in total. The molecule has 0 bridgehead atoms. The lowest BCUT2D eigenvalue weighted by molar-refractivity contribution is -0.124. The Morgan fingerprint density at radius 3 is 2.70 bits per heavy atom. The van der Waals surface area contributed by atoms with E-state index >= 15 is 0 Å². The number of carbonyl (C=O) groups excluding carboxylic acids is 1. The van der Waals surface area contributed by atoms with Crippen LogP contribution in [-0.4, -0.2) is 33.9 Å². The molecule has 1 aliphatic rings. The summed E-state index contributed by atoms with van der Waals surface area (Å²) in [6.45, 7) is 1.83. The number of hydrogen-bond donors (Lipinski definition) is 0. The number of benzene rings is 1. The summed E-state index contributed by atoms with van der Waals surface area (Å²) >= 11 is 12.2. The van der Waals surface area contributed by atoms with Crippen molar-refractivity contribution in [2.24, 2.45) is 13.0 Å². The molecule has 1 amide bonds. The third kappa shape index (κ3) is 3.95. The second-order valence-electron chi connectivity index (χ2n) is 6.63. The average molecular weight is 418 g/mol. The molecule has 27 heavy (non-hydrogen) atoms. The van der Waals surface area contributed by atoms with E-state index < -0.39 is 18.0 Å². The normalized spacial score (nSPS) is 20.0. The lowest BCUT2D eigenvalue weighted by Gasteiger charge is -2.27. The van der Waals surface area contributed by atoms with Crippen molar-refractivity contribution in [1.29, 1.82) is 0 Å². The van der Waals surface area contributed by atoms with Gasteiger partial charge in [0.1, 0.15) is 5.69 Å². The van der Waals surface area contributed by atoms with Gasteiger partial charge in [0.2, 0.25) is 0 Å². The van der Waals surface area contributed by atoms with E-state index in [1.807, 2.05) is 13.0 Å². The van der Waals surface area contributed by atoms with E-state index in [0.717, 1.165) is 17.0 Å². The van der Waals surface area contributed by atoms with Crippen molar-refractivity contribution in [3.8, 4) is 0 Å². The fourth-order valence-corrected chi connectivity index (χ4v) is 4.01. The molecule has 0 N–H and O–H groups in total. The van der Waals surface area contributed by atoms with Crippen LogP contribution in [0, 0.1) is 5.92 Å². The van der Waals surface area contributed by atoms with E-state index in [9.17, 15) is 13.6 Å². The van der Waals surface area contributed by atoms with Gasteiger partial charge in [0.05, 0.1) is 18.7 Å². The summed E-state index contributed by atoms with van der Waals surface area (Å²) in [5, 5.41) is 5.95. The minimum atomic E-state index is -2.85. The smallest absolute Gasteiger partial charge is 0.275 e. The zero-order chi connectivity index (χ0) is 19.9. The van der Waals surface area contributed by atoms with Gasteiger partial charge in [-0.3, -0.25) is 14.3 Å². The lowest BCUT2D eigenvalue weighted by Crippen LogP contribution is -2.39. The predicted octanol–water partition coefficient (Wildman–Crippen LogP) is 4.86. The largest absolute Gasteiger partial charge is 0.282 e. The minimum Gasteiger partial charge on any atom is -0.275 e. The van der Waals surface area contributed by atoms with Gasteiger partial charge in [-0.1, -0.05) is 29.3 Å². The number of alkyl halides is 2. The average Bonchev–Trinajstić information content (AvgIpc) is 3.28. The number of aromatic nitrogens is 2. The number of nitrogens with zero attached hydrogens (tertiary/aromatic N) is 3. The van der Waals surface area contributed by atoms with Gasteiger partial charge < -0.3 is 0 Å². The SMILES string of the molecule is CON(C(=O)c1cn(C)nc1C(F)F)C(C)C1CC1c1ccc(Cl)cc1Cl. The molecular weight excluding hydrogens is 399 g/mol. The first-order chi connectivity index (χ1) is 12.7. The Bertz CT molecular complexity index is 859. The van der Waals surface area contributed by atoms with Crippen LogP contribution in [0.3, 0.4) is 0 Å². The maximum absolute atomic E-state index is 13.2. The summed E-state index contributed by atoms with van der Waals surface area (Å²) in [5.74, 6) is -0.390. The highest BCUT2D eigenvalue weighted by atomic mass is 35.5. The van der Waals surface area contributed by atoms with E-state index in [2.05, 4.69) is 5.10 Å². The standard InChI is InChI=1S/C18H19Cl2F2N3O2/c1-9(12-7-13(12)11-5-4-10(19)6-15(11)20)25(27-3)18(26)14-8-24(2)23-16(14)17(21)22/h4-6,8-9,12-13,17H,7H2,1-3H3. The molecule has 0 saturated heterocycles. The first-order valence-electron chi connectivity index (χ1n) is 8.38. The number of hydrogen-bond acceptors (Lipinski definition) is 3. The molecule has 2 aromatic rings. The van der Waals surface area contributed by atoms with Gasteiger partial charge in [-0.25, -0.2) is 13.8 Å². The molecule has 1 fully saturated rings. The lowest BCUT2D eigenvalue weighted by atomic mass is 10.1. The van der Waals surface area contributed by atoms with Crippen LogP contribution in [0.15, 0.2) is 24.4 Å². The molecule has 1 saturated carbocycles. The summed E-state index contributed by atoms with van der Waals surface area (Å²) in [5.41, 5.74) is 0.240. The van der Waals surface area contributed by atoms with Crippen LogP contribution >= 0.6 is 23.2 Å². The number of halogens is 4. The van der Waals surface area contributed by atoms with E-state index in [-0.39, 0.29) is 23.4 Å². The van der Waals surface area contributed by atoms with Crippen molar-refractivity contribution in [2.75, 3.05) is 7.11 Å². The highest BCUT2D eigenvalue weighted by Gasteiger charge is 2.47. The van der Waals surface area contributed by atoms with Gasteiger partial charge in [-0.15, -0.1) is 0 Å². The number of hydroxylamine groups is 2. The molecule has 9 heteroatoms. The fraction of sp³-hybridized carbons (Fsp3) is 0.444. The molecule has 3 atom stereocenters. The van der Waals surface area contributed by atoms with Crippen LogP contribution in [-0.2, 0) is 11.9 Å². The van der Waals surface area contributed by atoms with Crippen LogP contribution in [0.1, 0.15) is 47.3 Å². The molecule has 1 aromatic carbocycles. The number of rotatable bonds is 6. The summed E-state index contributed by atoms with van der Waals surface area (Å²) < 4.78 is 27.6. The molecule has 1 aromatic heterocycles. The summed E-state index contributed by atoms with van der Waals surface area (Å²) in [4.78, 5) is 18.1. The Morgan fingerprint density at radius 1 is 1.41 bits per heavy atom. The third-order valence-electron chi connectivity index (χ3n) is 4.88. The molecule has 0 aliphatic heterocycles. The van der Waals surface area contributed by atoms with Crippen molar-refractivity contribution in [3.63, 3.8) is 0 Å². The van der Waals surface area contributed by atoms with Crippen molar-refractivity contribution in [3.05, 3.63) is 51.3 Å². The number of amides is 1. The maximum Gasteiger partial charge on any atom is 0.282 e. The molecule has 0 spiro atoms. The van der Waals surface area contributed by atoms with Crippen LogP contribution in [0.5, 0.6) is 0 Å². The Hall–Kier alpha value is -1.70. The third-order valence-corrected chi connectivity index (χ3v) is 5.45. The van der Waals surface area contributed by atoms with E-state index in [4.69, 9.17) is 28.0 Å². The zero-order valence-corrected chi connectivity index (χ0v) is 16.5. The first kappa shape index (κ1) is 20.0.